The van der Waals surface area contributed by atoms with Gasteiger partial charge in [0.05, 0.1) is 16.8 Å². The monoisotopic (exact) mass is 579 g/mol. The lowest BCUT2D eigenvalue weighted by Crippen LogP contribution is -2.49. The number of nitrogens with zero attached hydrogens (tertiary/aromatic N) is 1. The van der Waals surface area contributed by atoms with Crippen LogP contribution >= 0.6 is 22.0 Å². The number of carbonyl (C=O) groups excluding carboxylic acids is 1. The molecular weight excluding hydrogens is 541 g/mol. The topological polar surface area (TPSA) is 102 Å². The molecule has 4 rings (SSSR count). The van der Waals surface area contributed by atoms with E-state index in [2.05, 4.69) is 58.9 Å². The van der Waals surface area contributed by atoms with Crippen LogP contribution < -0.4 is 16.0 Å². The van der Waals surface area contributed by atoms with Crippen molar-refractivity contribution >= 4 is 48.8 Å². The van der Waals surface area contributed by atoms with Crippen LogP contribution in [0.15, 0.2) is 83.8 Å². The second kappa shape index (κ2) is 14.4. The van der Waals surface area contributed by atoms with Crippen molar-refractivity contribution in [2.45, 2.75) is 50.8 Å². The van der Waals surface area contributed by atoms with E-state index in [9.17, 15) is 9.90 Å². The zero-order valence-electron chi connectivity index (χ0n) is 23.2. The molecule has 0 aliphatic carbocycles. The van der Waals surface area contributed by atoms with Crippen molar-refractivity contribution < 1.29 is 19.6 Å². The Morgan fingerprint density at radius 3 is 2.40 bits per heavy atom. The molecule has 0 bridgehead atoms. The standard InChI is InChI=1S/C31H38N4O3S2/c1-4-40(25-15-16-29-27(18-25)33-30(32)39-29)35(19-22(2)3)20-28(36)26(17-23-11-7-5-8-12-23)34-31(37)38-21-24-13-9-6-10-14-24/h4-16,18,22,26,28,36H,17,19-21H2,1-3H3,(H2,32,33)(H,34,37)/p+1/t26-,28+,40?/m0/s1. The van der Waals surface area contributed by atoms with Gasteiger partial charge >= 0.3 is 11.2 Å². The summed E-state index contributed by atoms with van der Waals surface area (Å²) in [6.07, 6.45) is -0.891. The van der Waals surface area contributed by atoms with E-state index in [-0.39, 0.29) is 17.3 Å². The van der Waals surface area contributed by atoms with Gasteiger partial charge in [0, 0.05) is 24.1 Å². The molecule has 0 aliphatic rings. The molecular formula is C31H39N4O3S2+. The molecule has 4 aromatic rings. The lowest BCUT2D eigenvalue weighted by Gasteiger charge is -2.33. The third kappa shape index (κ3) is 8.38. The van der Waals surface area contributed by atoms with Crippen LogP contribution in [0.1, 0.15) is 31.9 Å². The number of hydrogen-bond acceptors (Lipinski definition) is 6. The lowest BCUT2D eigenvalue weighted by molar-refractivity contribution is -0.320. The number of nitrogens with two attached hydrogens (primary N) is 1. The predicted octanol–water partition coefficient (Wildman–Crippen LogP) is 5.52. The van der Waals surface area contributed by atoms with Crippen LogP contribution in [-0.2, 0) is 17.8 Å². The summed E-state index contributed by atoms with van der Waals surface area (Å²) in [6, 6.07) is 25.3. The number of aliphatic hydroxyl groups excluding tert-OH is 1. The van der Waals surface area contributed by atoms with Gasteiger partial charge in [0.15, 0.2) is 0 Å². The van der Waals surface area contributed by atoms with E-state index in [1.807, 2.05) is 60.7 Å². The molecule has 1 unspecified atom stereocenters. The summed E-state index contributed by atoms with van der Waals surface area (Å²) in [4.78, 5) is 17.2. The van der Waals surface area contributed by atoms with Crippen molar-refractivity contribution in [2.75, 3.05) is 18.8 Å². The van der Waals surface area contributed by atoms with Crippen molar-refractivity contribution in [3.63, 3.8) is 0 Å². The number of nitrogen functional groups attached to an aromatic ring is 1. The van der Waals surface area contributed by atoms with Gasteiger partial charge in [-0.3, -0.25) is 5.73 Å². The van der Waals surface area contributed by atoms with Crippen LogP contribution in [0.25, 0.3) is 10.2 Å². The number of rotatable bonds is 12. The highest BCUT2D eigenvalue weighted by molar-refractivity contribution is 8.13. The normalized spacial score (nSPS) is 13.9. The molecule has 40 heavy (non-hydrogen) atoms. The first-order valence-electron chi connectivity index (χ1n) is 13.5. The molecule has 1 heterocycles. The molecule has 0 saturated heterocycles. The summed E-state index contributed by atoms with van der Waals surface area (Å²) >= 11 is 1.53. The van der Waals surface area contributed by atoms with Gasteiger partial charge in [-0.05, 0) is 59.2 Å². The lowest BCUT2D eigenvalue weighted by atomic mass is 10.0. The first-order valence-corrected chi connectivity index (χ1v) is 15.6. The number of hydrogen-bond donors (Lipinski definition) is 3. The van der Waals surface area contributed by atoms with E-state index in [1.165, 1.54) is 11.3 Å². The van der Waals surface area contributed by atoms with Gasteiger partial charge in [-0.25, -0.2) is 14.1 Å². The van der Waals surface area contributed by atoms with Gasteiger partial charge < -0.3 is 15.2 Å². The highest BCUT2D eigenvalue weighted by Gasteiger charge is 2.27. The minimum absolute atomic E-state index is 0.168. The van der Waals surface area contributed by atoms with E-state index in [0.29, 0.717) is 24.0 Å². The third-order valence-corrected chi connectivity index (χ3v) is 9.35. The number of amides is 1. The van der Waals surface area contributed by atoms with Gasteiger partial charge in [0.2, 0.25) is 0 Å². The Balaban J connectivity index is 1.53. The van der Waals surface area contributed by atoms with Crippen LogP contribution in [0, 0.1) is 5.92 Å². The Morgan fingerprint density at radius 1 is 1.07 bits per heavy atom. The number of aliphatic hydroxyl groups is 1. The molecule has 3 atom stereocenters. The van der Waals surface area contributed by atoms with Gasteiger partial charge in [-0.1, -0.05) is 85.2 Å². The number of fused-ring (bicyclic) bond motifs is 1. The summed E-state index contributed by atoms with van der Waals surface area (Å²) in [5.74, 6) is 0.380. The van der Waals surface area contributed by atoms with E-state index < -0.39 is 18.2 Å². The quantitative estimate of drug-likeness (QED) is 0.192. The number of ether oxygens (including phenoxy) is 1. The molecule has 1 amide bonds. The summed E-state index contributed by atoms with van der Waals surface area (Å²) in [5, 5.41) is 17.4. The predicted molar refractivity (Wildman–Crippen MR) is 167 cm³/mol. The van der Waals surface area contributed by atoms with E-state index in [4.69, 9.17) is 10.5 Å². The van der Waals surface area contributed by atoms with Crippen molar-refractivity contribution in [1.82, 2.24) is 9.62 Å². The zero-order valence-corrected chi connectivity index (χ0v) is 24.9. The molecule has 7 nitrogen and oxygen atoms in total. The molecule has 0 spiro atoms. The second-order valence-corrected chi connectivity index (χ2v) is 13.3. The molecule has 212 valence electrons. The van der Waals surface area contributed by atoms with Crippen LogP contribution in [0.4, 0.5) is 9.93 Å². The number of alkyl carbamates (subject to hydrolysis) is 1. The highest BCUT2D eigenvalue weighted by Crippen LogP contribution is 2.34. The summed E-state index contributed by atoms with van der Waals surface area (Å²) in [7, 11) is -0.376. The van der Waals surface area contributed by atoms with Crippen LogP contribution in [0.2, 0.25) is 0 Å². The minimum atomic E-state index is -0.828. The van der Waals surface area contributed by atoms with Crippen LogP contribution in [-0.4, -0.2) is 46.1 Å². The van der Waals surface area contributed by atoms with E-state index in [0.717, 1.165) is 32.8 Å². The van der Waals surface area contributed by atoms with Gasteiger partial charge in [0.25, 0.3) is 0 Å². The summed E-state index contributed by atoms with van der Waals surface area (Å²) < 4.78 is 8.92. The van der Waals surface area contributed by atoms with Gasteiger partial charge in [0.1, 0.15) is 12.1 Å². The number of benzene rings is 3. The fourth-order valence-corrected chi connectivity index (χ4v) is 7.42. The maximum Gasteiger partial charge on any atom is 0.407 e. The molecule has 0 saturated carbocycles. The maximum atomic E-state index is 12.8. The Hall–Kier alpha value is -3.24. The van der Waals surface area contributed by atoms with Crippen molar-refractivity contribution in [3.8, 4) is 0 Å². The van der Waals surface area contributed by atoms with Crippen LogP contribution in [0.3, 0.4) is 0 Å². The number of anilines is 1. The number of nitrogens with one attached hydrogen (secondary N) is 2. The number of aromatic amines is 1. The number of H-pyrrole nitrogens is 1. The van der Waals surface area contributed by atoms with E-state index in [1.54, 1.807) is 0 Å². The molecule has 9 heteroatoms. The van der Waals surface area contributed by atoms with E-state index >= 15 is 0 Å². The van der Waals surface area contributed by atoms with Crippen LogP contribution in [0.5, 0.6) is 0 Å². The highest BCUT2D eigenvalue weighted by atomic mass is 32.2. The van der Waals surface area contributed by atoms with Gasteiger partial charge in [-0.2, -0.15) is 0 Å². The fraction of sp³-hybridized carbons (Fsp3) is 0.323. The molecule has 1 aromatic heterocycles. The smallest absolute Gasteiger partial charge is 0.407 e. The SMILES string of the molecule is C/C=S(\c1ccc2sc(N)[nH+]c2c1)N(CC(C)C)C[C@@H](O)[C@H](Cc1ccccc1)NC(=O)OCc1ccccc1. The Morgan fingerprint density at radius 2 is 1.75 bits per heavy atom. The average molecular weight is 580 g/mol. The number of carbonyl (C=O) groups is 1. The van der Waals surface area contributed by atoms with Crippen molar-refractivity contribution in [2.24, 2.45) is 5.92 Å². The fourth-order valence-electron chi connectivity index (χ4n) is 4.58. The molecule has 0 fully saturated rings. The Kier molecular flexibility index (Phi) is 10.7. The largest absolute Gasteiger partial charge is 0.445 e. The number of aromatic nitrogens is 1. The summed E-state index contributed by atoms with van der Waals surface area (Å²) in [5.41, 5.74) is 8.95. The summed E-state index contributed by atoms with van der Waals surface area (Å²) in [6.45, 7) is 7.74. The van der Waals surface area contributed by atoms with Crippen molar-refractivity contribution in [3.05, 3.63) is 90.0 Å². The molecule has 3 aromatic carbocycles. The number of thiazole rings is 1. The molecule has 5 N–H and O–H groups in total. The average Bonchev–Trinajstić information content (AvgIpc) is 3.32. The second-order valence-electron chi connectivity index (χ2n) is 10.1. The Bertz CT molecular complexity index is 1410. The first kappa shape index (κ1) is 29.7. The molecule has 0 radical (unpaired) electrons. The molecule has 0 aliphatic heterocycles. The zero-order chi connectivity index (χ0) is 28.5. The minimum Gasteiger partial charge on any atom is -0.445 e. The Labute approximate surface area is 243 Å². The third-order valence-electron chi connectivity index (χ3n) is 6.41. The van der Waals surface area contributed by atoms with Gasteiger partial charge in [-0.15, -0.1) is 0 Å². The first-order chi connectivity index (χ1) is 19.3. The maximum absolute atomic E-state index is 12.8. The van der Waals surface area contributed by atoms with Crippen molar-refractivity contribution in [1.29, 1.82) is 0 Å².